The minimum atomic E-state index is -0.807. The largest absolute Gasteiger partial charge is 0.493 e. The Hall–Kier alpha value is -1.71. The standard InChI is InChI=1S/C17H19ClO3/c1-10-6-5-7-11(2)16(10)17(19)12-8-14(20-3)15(21-4)9-13(12)18/h5-9,17,19H,1-4H3. The van der Waals surface area contributed by atoms with E-state index in [1.165, 1.54) is 0 Å². The average molecular weight is 307 g/mol. The van der Waals surface area contributed by atoms with Crippen molar-refractivity contribution in [2.75, 3.05) is 14.2 Å². The lowest BCUT2D eigenvalue weighted by Gasteiger charge is -2.19. The fourth-order valence-electron chi connectivity index (χ4n) is 2.49. The van der Waals surface area contributed by atoms with Gasteiger partial charge in [-0.1, -0.05) is 29.8 Å². The molecule has 0 aliphatic rings. The number of ether oxygens (including phenoxy) is 2. The summed E-state index contributed by atoms with van der Waals surface area (Å²) in [5.41, 5.74) is 3.51. The van der Waals surface area contributed by atoms with Crippen molar-refractivity contribution in [1.82, 2.24) is 0 Å². The number of hydrogen-bond donors (Lipinski definition) is 1. The highest BCUT2D eigenvalue weighted by Crippen LogP contribution is 2.39. The third-order valence-electron chi connectivity index (χ3n) is 3.61. The molecule has 1 N–H and O–H groups in total. The lowest BCUT2D eigenvalue weighted by Crippen LogP contribution is -2.06. The van der Waals surface area contributed by atoms with Gasteiger partial charge in [-0.2, -0.15) is 0 Å². The number of aliphatic hydroxyl groups is 1. The summed E-state index contributed by atoms with van der Waals surface area (Å²) >= 11 is 6.29. The van der Waals surface area contributed by atoms with E-state index in [-0.39, 0.29) is 0 Å². The second-order valence-electron chi connectivity index (χ2n) is 4.94. The summed E-state index contributed by atoms with van der Waals surface area (Å²) in [6.45, 7) is 3.94. The third kappa shape index (κ3) is 2.99. The molecule has 112 valence electrons. The van der Waals surface area contributed by atoms with E-state index in [2.05, 4.69) is 0 Å². The Morgan fingerprint density at radius 2 is 1.52 bits per heavy atom. The Bertz CT molecular complexity index is 632. The summed E-state index contributed by atoms with van der Waals surface area (Å²) in [4.78, 5) is 0. The quantitative estimate of drug-likeness (QED) is 0.926. The maximum Gasteiger partial charge on any atom is 0.162 e. The van der Waals surface area contributed by atoms with Gasteiger partial charge in [0.15, 0.2) is 11.5 Å². The molecule has 2 aromatic rings. The first-order valence-corrected chi connectivity index (χ1v) is 7.03. The Balaban J connectivity index is 2.56. The smallest absolute Gasteiger partial charge is 0.162 e. The number of aryl methyl sites for hydroxylation is 2. The fraction of sp³-hybridized carbons (Fsp3) is 0.294. The lowest BCUT2D eigenvalue weighted by molar-refractivity contribution is 0.218. The van der Waals surface area contributed by atoms with Crippen LogP contribution in [0, 0.1) is 13.8 Å². The molecule has 3 nitrogen and oxygen atoms in total. The van der Waals surface area contributed by atoms with E-state index >= 15 is 0 Å². The van der Waals surface area contributed by atoms with Gasteiger partial charge >= 0.3 is 0 Å². The van der Waals surface area contributed by atoms with Gasteiger partial charge in [-0.15, -0.1) is 0 Å². The highest BCUT2D eigenvalue weighted by Gasteiger charge is 2.20. The van der Waals surface area contributed by atoms with Crippen LogP contribution in [-0.2, 0) is 0 Å². The monoisotopic (exact) mass is 306 g/mol. The van der Waals surface area contributed by atoms with Crippen molar-refractivity contribution in [2.45, 2.75) is 20.0 Å². The van der Waals surface area contributed by atoms with Crippen LogP contribution < -0.4 is 9.47 Å². The Morgan fingerprint density at radius 3 is 2.05 bits per heavy atom. The first-order chi connectivity index (χ1) is 9.99. The molecule has 21 heavy (non-hydrogen) atoms. The van der Waals surface area contributed by atoms with E-state index in [0.29, 0.717) is 22.1 Å². The van der Waals surface area contributed by atoms with Crippen LogP contribution in [0.2, 0.25) is 5.02 Å². The SMILES string of the molecule is COc1cc(Cl)c(C(O)c2c(C)cccc2C)cc1OC. The van der Waals surface area contributed by atoms with Crippen molar-refractivity contribution < 1.29 is 14.6 Å². The first-order valence-electron chi connectivity index (χ1n) is 6.65. The molecule has 0 bridgehead atoms. The third-order valence-corrected chi connectivity index (χ3v) is 3.94. The van der Waals surface area contributed by atoms with Gasteiger partial charge in [0.25, 0.3) is 0 Å². The number of halogens is 1. The second-order valence-corrected chi connectivity index (χ2v) is 5.34. The van der Waals surface area contributed by atoms with E-state index in [0.717, 1.165) is 16.7 Å². The second kappa shape index (κ2) is 6.37. The molecule has 0 saturated carbocycles. The summed E-state index contributed by atoms with van der Waals surface area (Å²) in [5, 5.41) is 11.2. The van der Waals surface area contributed by atoms with Gasteiger partial charge in [0, 0.05) is 11.6 Å². The zero-order chi connectivity index (χ0) is 15.6. The van der Waals surface area contributed by atoms with Gasteiger partial charge in [-0.3, -0.25) is 0 Å². The van der Waals surface area contributed by atoms with Gasteiger partial charge in [-0.25, -0.2) is 0 Å². The molecular weight excluding hydrogens is 288 g/mol. The van der Waals surface area contributed by atoms with Crippen LogP contribution in [0.15, 0.2) is 30.3 Å². The molecule has 2 aromatic carbocycles. The van der Waals surface area contributed by atoms with E-state index < -0.39 is 6.10 Å². The molecule has 0 spiro atoms. The molecule has 0 aliphatic carbocycles. The lowest BCUT2D eigenvalue weighted by atomic mass is 9.93. The molecule has 0 fully saturated rings. The Morgan fingerprint density at radius 1 is 1.00 bits per heavy atom. The van der Waals surface area contributed by atoms with E-state index in [9.17, 15) is 5.11 Å². The topological polar surface area (TPSA) is 38.7 Å². The van der Waals surface area contributed by atoms with Crippen molar-refractivity contribution in [2.24, 2.45) is 0 Å². The molecule has 0 radical (unpaired) electrons. The normalized spacial score (nSPS) is 12.1. The number of aliphatic hydroxyl groups excluding tert-OH is 1. The van der Waals surface area contributed by atoms with Crippen molar-refractivity contribution in [1.29, 1.82) is 0 Å². The Kier molecular flexibility index (Phi) is 4.76. The van der Waals surface area contributed by atoms with Crippen LogP contribution in [0.3, 0.4) is 0 Å². The zero-order valence-electron chi connectivity index (χ0n) is 12.6. The van der Waals surface area contributed by atoms with Crippen molar-refractivity contribution in [3.8, 4) is 11.5 Å². The molecular formula is C17H19ClO3. The van der Waals surface area contributed by atoms with Gasteiger partial charge < -0.3 is 14.6 Å². The minimum absolute atomic E-state index is 0.447. The molecule has 1 unspecified atom stereocenters. The van der Waals surface area contributed by atoms with E-state index in [4.69, 9.17) is 21.1 Å². The predicted octanol–water partition coefficient (Wildman–Crippen LogP) is 4.06. The van der Waals surface area contributed by atoms with Crippen molar-refractivity contribution >= 4 is 11.6 Å². The average Bonchev–Trinajstić information content (AvgIpc) is 2.46. The summed E-state index contributed by atoms with van der Waals surface area (Å²) in [5.74, 6) is 1.09. The summed E-state index contributed by atoms with van der Waals surface area (Å²) in [6, 6.07) is 9.29. The molecule has 0 heterocycles. The van der Waals surface area contributed by atoms with Gasteiger partial charge in [0.2, 0.25) is 0 Å². The van der Waals surface area contributed by atoms with Crippen LogP contribution in [-0.4, -0.2) is 19.3 Å². The first kappa shape index (κ1) is 15.7. The molecule has 2 rings (SSSR count). The van der Waals surface area contributed by atoms with E-state index in [1.54, 1.807) is 26.4 Å². The molecule has 4 heteroatoms. The molecule has 0 amide bonds. The summed E-state index contributed by atoms with van der Waals surface area (Å²) in [7, 11) is 3.11. The number of rotatable bonds is 4. The van der Waals surface area contributed by atoms with Gasteiger partial charge in [0.1, 0.15) is 6.10 Å². The zero-order valence-corrected chi connectivity index (χ0v) is 13.4. The molecule has 0 saturated heterocycles. The van der Waals surface area contributed by atoms with Crippen LogP contribution in [0.1, 0.15) is 28.4 Å². The maximum absolute atomic E-state index is 10.7. The minimum Gasteiger partial charge on any atom is -0.493 e. The molecule has 1 atom stereocenters. The van der Waals surface area contributed by atoms with Crippen LogP contribution in [0.25, 0.3) is 0 Å². The summed E-state index contributed by atoms with van der Waals surface area (Å²) in [6.07, 6.45) is -0.807. The number of methoxy groups -OCH3 is 2. The Labute approximate surface area is 130 Å². The van der Waals surface area contributed by atoms with Crippen molar-refractivity contribution in [3.63, 3.8) is 0 Å². The highest BCUT2D eigenvalue weighted by molar-refractivity contribution is 6.31. The van der Waals surface area contributed by atoms with Gasteiger partial charge in [0.05, 0.1) is 19.2 Å². The number of hydrogen-bond acceptors (Lipinski definition) is 3. The van der Waals surface area contributed by atoms with Crippen LogP contribution in [0.4, 0.5) is 0 Å². The highest BCUT2D eigenvalue weighted by atomic mass is 35.5. The molecule has 0 aromatic heterocycles. The van der Waals surface area contributed by atoms with E-state index in [1.807, 2.05) is 32.0 Å². The van der Waals surface area contributed by atoms with Gasteiger partial charge in [-0.05, 0) is 36.6 Å². The van der Waals surface area contributed by atoms with Crippen LogP contribution in [0.5, 0.6) is 11.5 Å². The number of benzene rings is 2. The fourth-order valence-corrected chi connectivity index (χ4v) is 2.75. The van der Waals surface area contributed by atoms with Crippen molar-refractivity contribution in [3.05, 3.63) is 57.6 Å². The molecule has 0 aliphatic heterocycles. The predicted molar refractivity (Wildman–Crippen MR) is 84.5 cm³/mol. The maximum atomic E-state index is 10.7. The van der Waals surface area contributed by atoms with Crippen LogP contribution >= 0.6 is 11.6 Å². The summed E-state index contributed by atoms with van der Waals surface area (Å²) < 4.78 is 10.5.